The van der Waals surface area contributed by atoms with E-state index < -0.39 is 12.6 Å². The van der Waals surface area contributed by atoms with Gasteiger partial charge in [-0.3, -0.25) is 9.59 Å². The number of anilines is 1. The van der Waals surface area contributed by atoms with Gasteiger partial charge < -0.3 is 23.8 Å². The summed E-state index contributed by atoms with van der Waals surface area (Å²) in [6.07, 6.45) is 4.60. The molecular weight excluding hydrogens is 412 g/mol. The van der Waals surface area contributed by atoms with Crippen LogP contribution < -0.4 is 10.1 Å². The number of amides is 1. The average Bonchev–Trinajstić information content (AvgIpc) is 3.39. The molecule has 1 N–H and O–H groups in total. The Kier molecular flexibility index (Phi) is 5.93. The minimum Gasteiger partial charge on any atom is -0.482 e. The minimum atomic E-state index is -0.621. The van der Waals surface area contributed by atoms with Crippen LogP contribution in [0.1, 0.15) is 33.1 Å². The van der Waals surface area contributed by atoms with Crippen LogP contribution in [0.5, 0.6) is 5.75 Å². The van der Waals surface area contributed by atoms with E-state index in [0.717, 1.165) is 22.7 Å². The van der Waals surface area contributed by atoms with E-state index in [1.807, 2.05) is 32.0 Å². The molecule has 4 rings (SSSR count). The number of esters is 1. The van der Waals surface area contributed by atoms with Gasteiger partial charge in [-0.25, -0.2) is 4.79 Å². The molecule has 0 radical (unpaired) electrons. The summed E-state index contributed by atoms with van der Waals surface area (Å²) >= 11 is 0. The van der Waals surface area contributed by atoms with Crippen LogP contribution in [0.4, 0.5) is 5.69 Å². The van der Waals surface area contributed by atoms with E-state index in [4.69, 9.17) is 13.9 Å². The van der Waals surface area contributed by atoms with Crippen molar-refractivity contribution in [1.82, 2.24) is 4.57 Å². The van der Waals surface area contributed by atoms with Crippen LogP contribution in [0.25, 0.3) is 6.08 Å². The summed E-state index contributed by atoms with van der Waals surface area (Å²) in [7, 11) is 0. The van der Waals surface area contributed by atoms with Crippen LogP contribution in [0.2, 0.25) is 0 Å². The second-order valence-electron chi connectivity index (χ2n) is 7.40. The van der Waals surface area contributed by atoms with Crippen LogP contribution in [-0.4, -0.2) is 35.4 Å². The van der Waals surface area contributed by atoms with Gasteiger partial charge in [-0.15, -0.1) is 0 Å². The third kappa shape index (κ3) is 4.64. The lowest BCUT2D eigenvalue weighted by molar-refractivity contribution is -0.136. The maximum atomic E-state index is 12.4. The zero-order valence-electron chi connectivity index (χ0n) is 17.7. The number of nitrogens with zero attached hydrogens (tertiary/aromatic N) is 1. The lowest BCUT2D eigenvalue weighted by Gasteiger charge is -2.18. The molecule has 0 bridgehead atoms. The highest BCUT2D eigenvalue weighted by Gasteiger charge is 2.18. The molecule has 0 fully saturated rings. The van der Waals surface area contributed by atoms with E-state index in [2.05, 4.69) is 9.88 Å². The molecule has 1 amide bonds. The number of carbonyl (C=O) groups excluding carboxylic acids is 3. The van der Waals surface area contributed by atoms with Crippen LogP contribution in [0.15, 0.2) is 53.2 Å². The van der Waals surface area contributed by atoms with Gasteiger partial charge in [-0.1, -0.05) is 0 Å². The van der Waals surface area contributed by atoms with E-state index in [0.29, 0.717) is 23.5 Å². The number of nitrogens with one attached hydrogen (secondary N) is 1. The van der Waals surface area contributed by atoms with Crippen molar-refractivity contribution in [3.63, 3.8) is 0 Å². The number of benzene rings is 1. The Labute approximate surface area is 184 Å². The van der Waals surface area contributed by atoms with Crippen LogP contribution in [0.3, 0.4) is 0 Å². The summed E-state index contributed by atoms with van der Waals surface area (Å²) < 4.78 is 17.9. The Morgan fingerprint density at radius 1 is 1.22 bits per heavy atom. The van der Waals surface area contributed by atoms with Crippen molar-refractivity contribution in [3.05, 3.63) is 77.0 Å². The second-order valence-corrected chi connectivity index (χ2v) is 7.40. The lowest BCUT2D eigenvalue weighted by atomic mass is 10.1. The molecule has 1 aliphatic rings. The van der Waals surface area contributed by atoms with E-state index in [9.17, 15) is 14.4 Å². The van der Waals surface area contributed by atoms with Crippen molar-refractivity contribution in [2.75, 3.05) is 18.5 Å². The fourth-order valence-electron chi connectivity index (χ4n) is 3.48. The Morgan fingerprint density at radius 2 is 2.06 bits per heavy atom. The quantitative estimate of drug-likeness (QED) is 0.347. The summed E-state index contributed by atoms with van der Waals surface area (Å²) in [5.74, 6) is 0.0382. The Balaban J connectivity index is 1.35. The van der Waals surface area contributed by atoms with Crippen molar-refractivity contribution < 1.29 is 28.3 Å². The van der Waals surface area contributed by atoms with Gasteiger partial charge in [-0.2, -0.15) is 0 Å². The molecular formula is C24H22N2O6. The van der Waals surface area contributed by atoms with Gasteiger partial charge in [0.15, 0.2) is 19.0 Å². The van der Waals surface area contributed by atoms with E-state index in [-0.39, 0.29) is 18.3 Å². The topological polar surface area (TPSA) is 99.8 Å². The Bertz CT molecular complexity index is 1200. The molecule has 3 aromatic rings. The largest absolute Gasteiger partial charge is 0.482 e. The molecule has 0 spiro atoms. The molecule has 2 aromatic heterocycles. The third-order valence-electron chi connectivity index (χ3n) is 5.19. The van der Waals surface area contributed by atoms with Crippen LogP contribution in [-0.2, 0) is 20.9 Å². The highest BCUT2D eigenvalue weighted by molar-refractivity contribution is 6.02. The normalized spacial score (nSPS) is 12.9. The molecule has 8 nitrogen and oxygen atoms in total. The minimum absolute atomic E-state index is 0.0600. The summed E-state index contributed by atoms with van der Waals surface area (Å²) in [5, 5.41) is 2.64. The summed E-state index contributed by atoms with van der Waals surface area (Å²) in [6.45, 7) is 4.08. The first-order valence-electron chi connectivity index (χ1n) is 10.0. The second kappa shape index (κ2) is 8.97. The summed E-state index contributed by atoms with van der Waals surface area (Å²) in [5.41, 5.74) is 3.63. The maximum absolute atomic E-state index is 12.4. The van der Waals surface area contributed by atoms with E-state index in [1.165, 1.54) is 12.1 Å². The first-order valence-corrected chi connectivity index (χ1v) is 10.0. The van der Waals surface area contributed by atoms with Crippen LogP contribution in [0, 0.1) is 13.8 Å². The fraction of sp³-hybridized carbons (Fsp3) is 0.208. The smallest absolute Gasteiger partial charge is 0.331 e. The number of ketones is 1. The predicted molar refractivity (Wildman–Crippen MR) is 117 cm³/mol. The number of aromatic nitrogens is 1. The number of aryl methyl sites for hydroxylation is 1. The average molecular weight is 434 g/mol. The van der Waals surface area contributed by atoms with Gasteiger partial charge in [0.2, 0.25) is 0 Å². The standard InChI is InChI=1S/C24H22N2O6/c1-15-10-17(16(2)26(15)12-19-4-3-9-30-19)6-8-24(29)32-13-21(27)18-5-7-22-20(11-18)25-23(28)14-31-22/h3-11H,12-14H2,1-2H3,(H,25,28). The van der Waals surface area contributed by atoms with Crippen molar-refractivity contribution >= 4 is 29.4 Å². The molecule has 0 saturated heterocycles. The number of fused-ring (bicyclic) bond motifs is 1. The van der Waals surface area contributed by atoms with E-state index in [1.54, 1.807) is 24.5 Å². The molecule has 32 heavy (non-hydrogen) atoms. The Hall–Kier alpha value is -4.07. The predicted octanol–water partition coefficient (Wildman–Crippen LogP) is 3.52. The number of hydrogen-bond acceptors (Lipinski definition) is 6. The van der Waals surface area contributed by atoms with Crippen molar-refractivity contribution in [2.45, 2.75) is 20.4 Å². The highest BCUT2D eigenvalue weighted by Crippen LogP contribution is 2.28. The van der Waals surface area contributed by atoms with Gasteiger partial charge in [-0.05, 0) is 61.9 Å². The fourth-order valence-corrected chi connectivity index (χ4v) is 3.48. The van der Waals surface area contributed by atoms with Gasteiger partial charge >= 0.3 is 5.97 Å². The zero-order chi connectivity index (χ0) is 22.7. The number of hydrogen-bond donors (Lipinski definition) is 1. The number of furan rings is 1. The molecule has 0 saturated carbocycles. The first kappa shape index (κ1) is 21.2. The van der Waals surface area contributed by atoms with Crippen molar-refractivity contribution in [2.24, 2.45) is 0 Å². The maximum Gasteiger partial charge on any atom is 0.331 e. The molecule has 8 heteroatoms. The number of ether oxygens (including phenoxy) is 2. The van der Waals surface area contributed by atoms with Crippen LogP contribution >= 0.6 is 0 Å². The number of rotatable bonds is 7. The SMILES string of the molecule is Cc1cc(C=CC(=O)OCC(=O)c2ccc3c(c2)NC(=O)CO3)c(C)n1Cc1ccco1. The molecule has 3 heterocycles. The molecule has 0 atom stereocenters. The summed E-state index contributed by atoms with van der Waals surface area (Å²) in [6, 6.07) is 10.4. The first-order chi connectivity index (χ1) is 15.4. The van der Waals surface area contributed by atoms with Gasteiger partial charge in [0.1, 0.15) is 11.5 Å². The molecule has 0 unspecified atom stereocenters. The van der Waals surface area contributed by atoms with Gasteiger partial charge in [0, 0.05) is 23.0 Å². The third-order valence-corrected chi connectivity index (χ3v) is 5.19. The molecule has 164 valence electrons. The van der Waals surface area contributed by atoms with Gasteiger partial charge in [0.05, 0.1) is 18.5 Å². The number of Topliss-reactive ketones (excluding diaryl/α,β-unsaturated/α-hetero) is 1. The van der Waals surface area contributed by atoms with Crippen molar-refractivity contribution in [1.29, 1.82) is 0 Å². The van der Waals surface area contributed by atoms with Gasteiger partial charge in [0.25, 0.3) is 5.91 Å². The molecule has 1 aromatic carbocycles. The Morgan fingerprint density at radius 3 is 2.84 bits per heavy atom. The molecule has 1 aliphatic heterocycles. The molecule has 0 aliphatic carbocycles. The van der Waals surface area contributed by atoms with Crippen molar-refractivity contribution in [3.8, 4) is 5.75 Å². The van der Waals surface area contributed by atoms with E-state index >= 15 is 0 Å². The zero-order valence-corrected chi connectivity index (χ0v) is 17.7. The number of carbonyl (C=O) groups is 3. The lowest BCUT2D eigenvalue weighted by Crippen LogP contribution is -2.25. The summed E-state index contributed by atoms with van der Waals surface area (Å²) in [4.78, 5) is 35.9. The highest BCUT2D eigenvalue weighted by atomic mass is 16.5. The monoisotopic (exact) mass is 434 g/mol.